The molecular formula is C12H13N3O2S. The lowest BCUT2D eigenvalue weighted by atomic mass is 10.3. The monoisotopic (exact) mass is 263 g/mol. The van der Waals surface area contributed by atoms with Gasteiger partial charge in [-0.05, 0) is 17.9 Å². The summed E-state index contributed by atoms with van der Waals surface area (Å²) in [6.45, 7) is 1.47. The number of anilines is 1. The van der Waals surface area contributed by atoms with Gasteiger partial charge in [0.2, 0.25) is 0 Å². The van der Waals surface area contributed by atoms with Crippen molar-refractivity contribution in [2.24, 2.45) is 0 Å². The highest BCUT2D eigenvalue weighted by Crippen LogP contribution is 2.20. The molecule has 1 aliphatic rings. The lowest BCUT2D eigenvalue weighted by molar-refractivity contribution is 0.103. The zero-order valence-corrected chi connectivity index (χ0v) is 10.5. The van der Waals surface area contributed by atoms with Gasteiger partial charge in [-0.15, -0.1) is 11.3 Å². The molecule has 0 radical (unpaired) electrons. The van der Waals surface area contributed by atoms with Crippen molar-refractivity contribution in [3.63, 3.8) is 0 Å². The van der Waals surface area contributed by atoms with Gasteiger partial charge in [0.1, 0.15) is 0 Å². The van der Waals surface area contributed by atoms with E-state index in [0.717, 1.165) is 18.7 Å². The van der Waals surface area contributed by atoms with Crippen LogP contribution in [0.15, 0.2) is 29.9 Å². The molecule has 3 heterocycles. The van der Waals surface area contributed by atoms with Gasteiger partial charge in [-0.2, -0.15) is 5.10 Å². The normalized spacial score (nSPS) is 19.0. The summed E-state index contributed by atoms with van der Waals surface area (Å²) < 4.78 is 7.17. The number of hydrogen-bond donors (Lipinski definition) is 1. The second-order valence-electron chi connectivity index (χ2n) is 4.16. The Kier molecular flexibility index (Phi) is 3.12. The fourth-order valence-electron chi connectivity index (χ4n) is 1.93. The highest BCUT2D eigenvalue weighted by Gasteiger charge is 2.18. The van der Waals surface area contributed by atoms with E-state index in [-0.39, 0.29) is 11.9 Å². The fourth-order valence-corrected chi connectivity index (χ4v) is 2.55. The standard InChI is InChI=1S/C12H13N3O2S/c16-12(11-2-1-5-18-11)14-9-6-13-15(7-9)10-3-4-17-8-10/h1-2,5-7,10H,3-4,8H2,(H,14,16). The lowest BCUT2D eigenvalue weighted by Gasteiger charge is -2.06. The van der Waals surface area contributed by atoms with Gasteiger partial charge in [-0.3, -0.25) is 9.48 Å². The van der Waals surface area contributed by atoms with E-state index in [1.165, 1.54) is 11.3 Å². The third-order valence-corrected chi connectivity index (χ3v) is 3.75. The van der Waals surface area contributed by atoms with Crippen molar-refractivity contribution < 1.29 is 9.53 Å². The fraction of sp³-hybridized carbons (Fsp3) is 0.333. The maximum Gasteiger partial charge on any atom is 0.265 e. The first-order chi connectivity index (χ1) is 8.83. The van der Waals surface area contributed by atoms with E-state index in [9.17, 15) is 4.79 Å². The van der Waals surface area contributed by atoms with Crippen LogP contribution in [0.25, 0.3) is 0 Å². The van der Waals surface area contributed by atoms with Gasteiger partial charge >= 0.3 is 0 Å². The number of hydrogen-bond acceptors (Lipinski definition) is 4. The van der Waals surface area contributed by atoms with E-state index in [1.807, 2.05) is 22.3 Å². The number of nitrogens with one attached hydrogen (secondary N) is 1. The molecule has 5 nitrogen and oxygen atoms in total. The molecule has 1 N–H and O–H groups in total. The topological polar surface area (TPSA) is 56.2 Å². The minimum atomic E-state index is -0.0905. The summed E-state index contributed by atoms with van der Waals surface area (Å²) >= 11 is 1.42. The van der Waals surface area contributed by atoms with Gasteiger partial charge in [-0.1, -0.05) is 6.07 Å². The number of amides is 1. The van der Waals surface area contributed by atoms with E-state index in [4.69, 9.17) is 4.74 Å². The molecule has 0 bridgehead atoms. The number of ether oxygens (including phenoxy) is 1. The van der Waals surface area contributed by atoms with Gasteiger partial charge in [-0.25, -0.2) is 0 Å². The summed E-state index contributed by atoms with van der Waals surface area (Å²) in [5.41, 5.74) is 0.723. The zero-order valence-electron chi connectivity index (χ0n) is 9.70. The molecule has 3 rings (SSSR count). The average molecular weight is 263 g/mol. The van der Waals surface area contributed by atoms with E-state index < -0.39 is 0 Å². The Labute approximate surface area is 108 Å². The molecule has 2 aromatic heterocycles. The van der Waals surface area contributed by atoms with Gasteiger partial charge in [0, 0.05) is 12.8 Å². The van der Waals surface area contributed by atoms with Crippen molar-refractivity contribution in [2.75, 3.05) is 18.5 Å². The second-order valence-corrected chi connectivity index (χ2v) is 5.11. The molecule has 1 atom stereocenters. The molecule has 6 heteroatoms. The first-order valence-electron chi connectivity index (χ1n) is 5.80. The smallest absolute Gasteiger partial charge is 0.265 e. The van der Waals surface area contributed by atoms with Crippen molar-refractivity contribution >= 4 is 22.9 Å². The summed E-state index contributed by atoms with van der Waals surface area (Å²) in [6, 6.07) is 3.95. The van der Waals surface area contributed by atoms with E-state index in [2.05, 4.69) is 10.4 Å². The molecule has 1 aliphatic heterocycles. The summed E-state index contributed by atoms with van der Waals surface area (Å²) in [5, 5.41) is 8.98. The average Bonchev–Trinajstić information content (AvgIpc) is 3.12. The number of nitrogens with zero attached hydrogens (tertiary/aromatic N) is 2. The van der Waals surface area contributed by atoms with Crippen LogP contribution in [0.2, 0.25) is 0 Å². The Morgan fingerprint density at radius 3 is 3.28 bits per heavy atom. The molecule has 18 heavy (non-hydrogen) atoms. The number of thiophene rings is 1. The Bertz CT molecular complexity index is 529. The molecular weight excluding hydrogens is 250 g/mol. The van der Waals surface area contributed by atoms with Crippen LogP contribution in [0.1, 0.15) is 22.1 Å². The molecule has 1 unspecified atom stereocenters. The number of carbonyl (C=O) groups excluding carboxylic acids is 1. The summed E-state index contributed by atoms with van der Waals surface area (Å²) in [7, 11) is 0. The molecule has 0 aromatic carbocycles. The highest BCUT2D eigenvalue weighted by atomic mass is 32.1. The van der Waals surface area contributed by atoms with Crippen LogP contribution in [0.5, 0.6) is 0 Å². The third-order valence-electron chi connectivity index (χ3n) is 2.88. The molecule has 0 aliphatic carbocycles. The van der Waals surface area contributed by atoms with Crippen LogP contribution in [0.3, 0.4) is 0 Å². The Morgan fingerprint density at radius 1 is 1.61 bits per heavy atom. The van der Waals surface area contributed by atoms with E-state index in [0.29, 0.717) is 11.5 Å². The third kappa shape index (κ3) is 2.30. The molecule has 1 saturated heterocycles. The number of carbonyl (C=O) groups is 1. The van der Waals surface area contributed by atoms with Crippen LogP contribution in [-0.4, -0.2) is 28.9 Å². The molecule has 1 fully saturated rings. The minimum absolute atomic E-state index is 0.0905. The maximum atomic E-state index is 11.8. The Hall–Kier alpha value is -1.66. The number of rotatable bonds is 3. The second kappa shape index (κ2) is 4.91. The summed E-state index contributed by atoms with van der Waals surface area (Å²) in [4.78, 5) is 12.5. The van der Waals surface area contributed by atoms with E-state index in [1.54, 1.807) is 12.3 Å². The van der Waals surface area contributed by atoms with Crippen LogP contribution in [-0.2, 0) is 4.74 Å². The Balaban J connectivity index is 1.68. The van der Waals surface area contributed by atoms with Gasteiger partial charge in [0.05, 0.1) is 29.4 Å². The van der Waals surface area contributed by atoms with Crippen molar-refractivity contribution in [2.45, 2.75) is 12.5 Å². The Morgan fingerprint density at radius 2 is 2.56 bits per heavy atom. The van der Waals surface area contributed by atoms with Gasteiger partial charge in [0.15, 0.2) is 0 Å². The van der Waals surface area contributed by atoms with Crippen LogP contribution >= 0.6 is 11.3 Å². The van der Waals surface area contributed by atoms with Crippen molar-refractivity contribution in [1.82, 2.24) is 9.78 Å². The first kappa shape index (κ1) is 11.4. The SMILES string of the molecule is O=C(Nc1cnn(C2CCOC2)c1)c1cccs1. The van der Waals surface area contributed by atoms with Crippen molar-refractivity contribution in [3.05, 3.63) is 34.8 Å². The number of aromatic nitrogens is 2. The quantitative estimate of drug-likeness (QED) is 0.923. The molecule has 0 spiro atoms. The molecule has 2 aromatic rings. The predicted octanol–water partition coefficient (Wildman–Crippen LogP) is 2.16. The lowest BCUT2D eigenvalue weighted by Crippen LogP contribution is -2.10. The molecule has 0 saturated carbocycles. The first-order valence-corrected chi connectivity index (χ1v) is 6.67. The van der Waals surface area contributed by atoms with E-state index >= 15 is 0 Å². The highest BCUT2D eigenvalue weighted by molar-refractivity contribution is 7.12. The summed E-state index contributed by atoms with van der Waals surface area (Å²) in [6.07, 6.45) is 4.49. The van der Waals surface area contributed by atoms with Gasteiger partial charge in [0.25, 0.3) is 5.91 Å². The zero-order chi connectivity index (χ0) is 12.4. The van der Waals surface area contributed by atoms with Crippen LogP contribution in [0.4, 0.5) is 5.69 Å². The van der Waals surface area contributed by atoms with Crippen LogP contribution in [0, 0.1) is 0 Å². The largest absolute Gasteiger partial charge is 0.379 e. The molecule has 94 valence electrons. The molecule has 1 amide bonds. The minimum Gasteiger partial charge on any atom is -0.379 e. The maximum absolute atomic E-state index is 11.8. The van der Waals surface area contributed by atoms with Gasteiger partial charge < -0.3 is 10.1 Å². The van der Waals surface area contributed by atoms with Crippen molar-refractivity contribution in [1.29, 1.82) is 0 Å². The summed E-state index contributed by atoms with van der Waals surface area (Å²) in [5.74, 6) is -0.0905. The van der Waals surface area contributed by atoms with Crippen molar-refractivity contribution in [3.8, 4) is 0 Å². The van der Waals surface area contributed by atoms with Crippen LogP contribution < -0.4 is 5.32 Å². The predicted molar refractivity (Wildman–Crippen MR) is 69.0 cm³/mol.